The Bertz CT molecular complexity index is 1410. The molecule has 41 heavy (non-hydrogen) atoms. The van der Waals surface area contributed by atoms with Gasteiger partial charge in [-0.15, -0.1) is 0 Å². The van der Waals surface area contributed by atoms with Crippen LogP contribution in [0.2, 0.25) is 0 Å². The van der Waals surface area contributed by atoms with Crippen LogP contribution in [0.4, 0.5) is 19.0 Å². The molecule has 2 aliphatic heterocycles. The van der Waals surface area contributed by atoms with E-state index in [4.69, 9.17) is 9.47 Å². The van der Waals surface area contributed by atoms with E-state index in [-0.39, 0.29) is 41.9 Å². The number of halogens is 3. The highest BCUT2D eigenvalue weighted by atomic mass is 19.4. The molecule has 0 saturated carbocycles. The zero-order valence-electron chi connectivity index (χ0n) is 22.8. The molecule has 2 fully saturated rings. The molecule has 1 aromatic carbocycles. The lowest BCUT2D eigenvalue weighted by atomic mass is 10.1. The second-order valence-corrected chi connectivity index (χ2v) is 11.0. The number of carbonyl (C=O) groups excluding carboxylic acids is 1. The number of alkyl halides is 3. The van der Waals surface area contributed by atoms with E-state index in [0.29, 0.717) is 24.6 Å². The van der Waals surface area contributed by atoms with Gasteiger partial charge in [-0.3, -0.25) is 14.7 Å². The van der Waals surface area contributed by atoms with Gasteiger partial charge in [0, 0.05) is 55.2 Å². The van der Waals surface area contributed by atoms with E-state index in [0.717, 1.165) is 62.3 Å². The van der Waals surface area contributed by atoms with Crippen LogP contribution in [0.15, 0.2) is 36.8 Å². The van der Waals surface area contributed by atoms with Crippen LogP contribution in [0, 0.1) is 6.92 Å². The Labute approximate surface area is 235 Å². The molecule has 2 aromatic heterocycles. The summed E-state index contributed by atoms with van der Waals surface area (Å²) in [7, 11) is 0. The van der Waals surface area contributed by atoms with Gasteiger partial charge in [-0.1, -0.05) is 0 Å². The quantitative estimate of drug-likeness (QED) is 0.442. The van der Waals surface area contributed by atoms with Gasteiger partial charge in [0.1, 0.15) is 12.1 Å². The second kappa shape index (κ2) is 11.5. The van der Waals surface area contributed by atoms with Crippen LogP contribution < -0.4 is 10.6 Å². The number of likely N-dealkylation sites (tertiary alicyclic amines) is 1. The van der Waals surface area contributed by atoms with Gasteiger partial charge in [0.05, 0.1) is 35.9 Å². The zero-order chi connectivity index (χ0) is 28.6. The molecule has 0 bridgehead atoms. The molecule has 1 amide bonds. The zero-order valence-corrected chi connectivity index (χ0v) is 22.8. The van der Waals surface area contributed by atoms with Crippen molar-refractivity contribution in [1.29, 1.82) is 0 Å². The van der Waals surface area contributed by atoms with E-state index in [1.165, 1.54) is 18.0 Å². The monoisotopic (exact) mass is 570 g/mol. The van der Waals surface area contributed by atoms with E-state index in [2.05, 4.69) is 36.6 Å². The van der Waals surface area contributed by atoms with Crippen LogP contribution in [0.1, 0.15) is 47.8 Å². The number of hydrogen-bond donors (Lipinski definition) is 2. The predicted molar refractivity (Wildman–Crippen MR) is 145 cm³/mol. The molecule has 0 spiro atoms. The number of amides is 1. The van der Waals surface area contributed by atoms with Crippen LogP contribution in [-0.2, 0) is 26.9 Å². The van der Waals surface area contributed by atoms with Crippen LogP contribution in [0.25, 0.3) is 10.9 Å². The molecule has 9 nitrogen and oxygen atoms in total. The summed E-state index contributed by atoms with van der Waals surface area (Å²) in [6, 6.07) is 5.52. The summed E-state index contributed by atoms with van der Waals surface area (Å²) in [5.41, 5.74) is 2.91. The third-order valence-electron chi connectivity index (χ3n) is 8.25. The van der Waals surface area contributed by atoms with Crippen LogP contribution in [0.5, 0.6) is 0 Å². The number of anilines is 1. The summed E-state index contributed by atoms with van der Waals surface area (Å²) in [5, 5.41) is 6.23. The first kappa shape index (κ1) is 27.8. The molecule has 2 unspecified atom stereocenters. The number of carbonyl (C=O) groups is 1. The Morgan fingerprint density at radius 2 is 1.95 bits per heavy atom. The van der Waals surface area contributed by atoms with Gasteiger partial charge in [0.15, 0.2) is 0 Å². The number of aromatic nitrogens is 3. The third kappa shape index (κ3) is 6.14. The van der Waals surface area contributed by atoms with E-state index >= 15 is 0 Å². The Balaban J connectivity index is 1.15. The Hall–Kier alpha value is -3.35. The molecule has 2 N–H and O–H groups in total. The average Bonchev–Trinajstić information content (AvgIpc) is 3.55. The highest BCUT2D eigenvalue weighted by Gasteiger charge is 2.40. The number of rotatable bonds is 7. The molecule has 4 heterocycles. The Kier molecular flexibility index (Phi) is 7.80. The highest BCUT2D eigenvalue weighted by Crippen LogP contribution is 2.37. The highest BCUT2D eigenvalue weighted by molar-refractivity contribution is 5.91. The molecule has 12 heteroatoms. The number of hydrogen-bond acceptors (Lipinski definition) is 8. The molecular formula is C29H33F3N6O3. The smallest absolute Gasteiger partial charge is 0.381 e. The standard InChI is InChI=1S/C29H33F3N6O3/c1-17-10-18-2-5-25(22(18)12-33-17)41-26-15-38(20-6-8-40-9-7-20)14-24(26)37-27(39)13-34-28-21-11-19(29(30,31)32)3-4-23(21)35-16-36-28/h3-4,10-12,16,20,24-26H,2,5-9,13-15H2,1H3,(H,37,39)(H,34,35,36)/t24?,25?,26-/m0/s1. The molecule has 3 atom stereocenters. The van der Waals surface area contributed by atoms with E-state index in [9.17, 15) is 18.0 Å². The number of nitrogens with one attached hydrogen (secondary N) is 2. The molecule has 218 valence electrons. The largest absolute Gasteiger partial charge is 0.416 e. The summed E-state index contributed by atoms with van der Waals surface area (Å²) < 4.78 is 52.1. The molecule has 3 aliphatic rings. The summed E-state index contributed by atoms with van der Waals surface area (Å²) in [4.78, 5) is 28.1. The van der Waals surface area contributed by atoms with Gasteiger partial charge in [0.25, 0.3) is 0 Å². The van der Waals surface area contributed by atoms with Crippen molar-refractivity contribution < 1.29 is 27.4 Å². The van der Waals surface area contributed by atoms with Crippen molar-refractivity contribution >= 4 is 22.6 Å². The first-order valence-corrected chi connectivity index (χ1v) is 14.0. The van der Waals surface area contributed by atoms with Gasteiger partial charge in [-0.05, 0) is 62.4 Å². The fourth-order valence-corrected chi connectivity index (χ4v) is 6.15. The lowest BCUT2D eigenvalue weighted by Crippen LogP contribution is -2.46. The molecule has 6 rings (SSSR count). The Morgan fingerprint density at radius 1 is 1.12 bits per heavy atom. The minimum atomic E-state index is -4.50. The predicted octanol–water partition coefficient (Wildman–Crippen LogP) is 3.82. The topological polar surface area (TPSA) is 102 Å². The summed E-state index contributed by atoms with van der Waals surface area (Å²) in [6.07, 6.45) is 2.05. The summed E-state index contributed by atoms with van der Waals surface area (Å²) >= 11 is 0. The number of fused-ring (bicyclic) bond motifs is 2. The van der Waals surface area contributed by atoms with Crippen LogP contribution >= 0.6 is 0 Å². The van der Waals surface area contributed by atoms with Gasteiger partial charge >= 0.3 is 6.18 Å². The summed E-state index contributed by atoms with van der Waals surface area (Å²) in [5.74, 6) is -0.120. The first-order valence-electron chi connectivity index (χ1n) is 14.0. The normalized spacial score (nSPS) is 23.6. The van der Waals surface area contributed by atoms with E-state index < -0.39 is 11.7 Å². The lowest BCUT2D eigenvalue weighted by molar-refractivity contribution is -0.137. The van der Waals surface area contributed by atoms with Crippen molar-refractivity contribution in [3.05, 3.63) is 59.2 Å². The van der Waals surface area contributed by atoms with E-state index in [1.807, 2.05) is 13.1 Å². The van der Waals surface area contributed by atoms with Crippen LogP contribution in [-0.4, -0.2) is 76.8 Å². The molecule has 2 saturated heterocycles. The number of aryl methyl sites for hydroxylation is 2. The van der Waals surface area contributed by atoms with Crippen molar-refractivity contribution in [2.45, 2.75) is 63.1 Å². The fourth-order valence-electron chi connectivity index (χ4n) is 6.15. The number of pyridine rings is 1. The minimum Gasteiger partial charge on any atom is -0.381 e. The number of ether oxygens (including phenoxy) is 2. The average molecular weight is 571 g/mol. The maximum Gasteiger partial charge on any atom is 0.416 e. The van der Waals surface area contributed by atoms with E-state index in [1.54, 1.807) is 0 Å². The first-order chi connectivity index (χ1) is 19.7. The van der Waals surface area contributed by atoms with Crippen molar-refractivity contribution in [1.82, 2.24) is 25.2 Å². The van der Waals surface area contributed by atoms with Crippen molar-refractivity contribution in [2.75, 3.05) is 38.2 Å². The number of benzene rings is 1. The fraction of sp³-hybridized carbons (Fsp3) is 0.517. The summed E-state index contributed by atoms with van der Waals surface area (Å²) in [6.45, 7) is 4.62. The SMILES string of the molecule is Cc1cc2c(cn1)C(O[C@H]1CN(C3CCOCC3)CC1NC(=O)CNc1ncnc3ccc(C(F)(F)F)cc13)CC2. The van der Waals surface area contributed by atoms with Gasteiger partial charge in [-0.25, -0.2) is 9.97 Å². The Morgan fingerprint density at radius 3 is 2.76 bits per heavy atom. The van der Waals surface area contributed by atoms with Gasteiger partial charge in [-0.2, -0.15) is 13.2 Å². The van der Waals surface area contributed by atoms with Crippen LogP contribution in [0.3, 0.4) is 0 Å². The van der Waals surface area contributed by atoms with Crippen molar-refractivity contribution in [3.63, 3.8) is 0 Å². The molecular weight excluding hydrogens is 537 g/mol. The van der Waals surface area contributed by atoms with Crippen molar-refractivity contribution in [3.8, 4) is 0 Å². The molecule has 1 aliphatic carbocycles. The maximum absolute atomic E-state index is 13.3. The molecule has 3 aromatic rings. The van der Waals surface area contributed by atoms with Gasteiger partial charge < -0.3 is 20.1 Å². The second-order valence-electron chi connectivity index (χ2n) is 11.0. The van der Waals surface area contributed by atoms with Crippen molar-refractivity contribution in [2.24, 2.45) is 0 Å². The molecule has 0 radical (unpaired) electrons. The van der Waals surface area contributed by atoms with Gasteiger partial charge in [0.2, 0.25) is 5.91 Å². The maximum atomic E-state index is 13.3. The number of nitrogens with zero attached hydrogens (tertiary/aromatic N) is 4. The third-order valence-corrected chi connectivity index (χ3v) is 8.25. The lowest BCUT2D eigenvalue weighted by Gasteiger charge is -2.31. The minimum absolute atomic E-state index is 0.0783.